The summed E-state index contributed by atoms with van der Waals surface area (Å²) in [6, 6.07) is 1.35. The number of aromatic nitrogens is 2. The van der Waals surface area contributed by atoms with Crippen LogP contribution in [-0.4, -0.2) is 17.7 Å². The molecule has 0 spiro atoms. The molecular formula is C3H5BN3OP. The van der Waals surface area contributed by atoms with E-state index in [1.807, 2.05) is 0 Å². The van der Waals surface area contributed by atoms with E-state index in [0.29, 0.717) is 5.82 Å². The molecule has 1 aromatic heterocycles. The van der Waals surface area contributed by atoms with Crippen LogP contribution in [0.15, 0.2) is 10.9 Å². The quantitative estimate of drug-likeness (QED) is 0.401. The Morgan fingerprint density at radius 3 is 2.78 bits per heavy atom. The Labute approximate surface area is 55.3 Å². The van der Waals surface area contributed by atoms with Crippen LogP contribution in [0.25, 0.3) is 0 Å². The third-order valence-corrected chi connectivity index (χ3v) is 1.20. The Balaban J connectivity index is 3.16. The maximum Gasteiger partial charge on any atom is 0.265 e. The molecular weight excluding hydrogens is 136 g/mol. The average molecular weight is 141 g/mol. The maximum absolute atomic E-state index is 10.5. The zero-order chi connectivity index (χ0) is 6.85. The van der Waals surface area contributed by atoms with Gasteiger partial charge in [0.2, 0.25) is 0 Å². The highest BCUT2D eigenvalue weighted by Crippen LogP contribution is 2.00. The molecule has 0 saturated heterocycles. The molecule has 0 bridgehead atoms. The molecule has 0 amide bonds. The van der Waals surface area contributed by atoms with E-state index in [-0.39, 0.29) is 5.56 Å². The molecule has 0 fully saturated rings. The first-order valence-electron chi connectivity index (χ1n) is 2.28. The first-order valence-corrected chi connectivity index (χ1v) is 2.85. The van der Waals surface area contributed by atoms with Crippen molar-refractivity contribution in [1.29, 1.82) is 0 Å². The molecule has 2 N–H and O–H groups in total. The van der Waals surface area contributed by atoms with Crippen molar-refractivity contribution in [3.05, 3.63) is 16.4 Å². The van der Waals surface area contributed by atoms with Crippen molar-refractivity contribution < 1.29 is 0 Å². The van der Waals surface area contributed by atoms with Gasteiger partial charge in [-0.3, -0.25) is 9.89 Å². The standard InChI is InChI=1S/C3H5BN3OP/c4-7-2(6-9)1-3(8)5-7/h1,6H,9H2,(H,5,8). The second-order valence-electron chi connectivity index (χ2n) is 1.52. The highest BCUT2D eigenvalue weighted by atomic mass is 31.0. The summed E-state index contributed by atoms with van der Waals surface area (Å²) in [6.45, 7) is 0. The number of H-pyrrole nitrogens is 1. The van der Waals surface area contributed by atoms with Gasteiger partial charge in [0, 0.05) is 6.07 Å². The Morgan fingerprint density at radius 1 is 1.89 bits per heavy atom. The number of nitrogens with zero attached hydrogens (tertiary/aromatic N) is 1. The molecule has 9 heavy (non-hydrogen) atoms. The minimum Gasteiger partial charge on any atom is -0.356 e. The summed E-state index contributed by atoms with van der Waals surface area (Å²) < 4.78 is 1.11. The summed E-state index contributed by atoms with van der Waals surface area (Å²) in [5, 5.41) is 4.96. The van der Waals surface area contributed by atoms with Crippen molar-refractivity contribution in [2.24, 2.45) is 0 Å². The second-order valence-corrected chi connectivity index (χ2v) is 1.81. The lowest BCUT2D eigenvalue weighted by molar-refractivity contribution is 0.975. The second kappa shape index (κ2) is 2.27. The summed E-state index contributed by atoms with van der Waals surface area (Å²) >= 11 is 0. The van der Waals surface area contributed by atoms with Crippen LogP contribution in [0.3, 0.4) is 0 Å². The van der Waals surface area contributed by atoms with Gasteiger partial charge in [-0.2, -0.15) is 0 Å². The molecule has 0 saturated carbocycles. The number of hydrogen-bond acceptors (Lipinski definition) is 2. The number of nitrogens with one attached hydrogen (secondary N) is 2. The molecule has 0 aromatic carbocycles. The highest BCUT2D eigenvalue weighted by Gasteiger charge is 1.93. The molecule has 1 atom stereocenters. The summed E-state index contributed by atoms with van der Waals surface area (Å²) in [4.78, 5) is 10.5. The fourth-order valence-electron chi connectivity index (χ4n) is 0.516. The van der Waals surface area contributed by atoms with Crippen LogP contribution in [0.1, 0.15) is 0 Å². The summed E-state index contributed by atoms with van der Waals surface area (Å²) in [5.41, 5.74) is -0.220. The Hall–Kier alpha value is -0.695. The Kier molecular flexibility index (Phi) is 1.62. The molecule has 46 valence electrons. The molecule has 1 rings (SSSR count). The van der Waals surface area contributed by atoms with Gasteiger partial charge in [0.15, 0.2) is 0 Å². The van der Waals surface area contributed by atoms with Gasteiger partial charge >= 0.3 is 0 Å². The third-order valence-electron chi connectivity index (χ3n) is 0.906. The first kappa shape index (κ1) is 6.43. The van der Waals surface area contributed by atoms with Crippen LogP contribution in [0.4, 0.5) is 5.82 Å². The van der Waals surface area contributed by atoms with E-state index in [9.17, 15) is 4.79 Å². The van der Waals surface area contributed by atoms with Crippen molar-refractivity contribution >= 4 is 23.2 Å². The van der Waals surface area contributed by atoms with Crippen LogP contribution < -0.4 is 10.6 Å². The van der Waals surface area contributed by atoms with Crippen molar-refractivity contribution in [3.8, 4) is 0 Å². The lowest BCUT2D eigenvalue weighted by Crippen LogP contribution is -2.02. The average Bonchev–Trinajstić information content (AvgIpc) is 2.10. The lowest BCUT2D eigenvalue weighted by atomic mass is 10.4. The highest BCUT2D eigenvalue weighted by molar-refractivity contribution is 7.18. The van der Waals surface area contributed by atoms with E-state index in [1.165, 1.54) is 6.07 Å². The SMILES string of the molecule is [B]n1[nH]c(=O)cc1NP. The predicted molar refractivity (Wildman–Crippen MR) is 39.5 cm³/mol. The van der Waals surface area contributed by atoms with Crippen molar-refractivity contribution in [2.45, 2.75) is 0 Å². The Morgan fingerprint density at radius 2 is 2.56 bits per heavy atom. The van der Waals surface area contributed by atoms with E-state index in [0.717, 1.165) is 4.59 Å². The van der Waals surface area contributed by atoms with E-state index in [2.05, 4.69) is 19.6 Å². The predicted octanol–water partition coefficient (Wildman–Crippen LogP) is -0.690. The van der Waals surface area contributed by atoms with E-state index in [4.69, 9.17) is 7.98 Å². The molecule has 2 radical (unpaired) electrons. The zero-order valence-electron chi connectivity index (χ0n) is 4.59. The van der Waals surface area contributed by atoms with E-state index >= 15 is 0 Å². The topological polar surface area (TPSA) is 49.8 Å². The van der Waals surface area contributed by atoms with Gasteiger partial charge in [-0.15, -0.1) is 0 Å². The van der Waals surface area contributed by atoms with Crippen molar-refractivity contribution in [3.63, 3.8) is 0 Å². The molecule has 0 aliphatic rings. The number of hydrogen-bond donors (Lipinski definition) is 2. The fraction of sp³-hybridized carbons (Fsp3) is 0. The van der Waals surface area contributed by atoms with Gasteiger partial charge in [-0.25, -0.2) is 0 Å². The van der Waals surface area contributed by atoms with Gasteiger partial charge in [-0.05, 0) is 9.39 Å². The first-order chi connectivity index (χ1) is 4.24. The third kappa shape index (κ3) is 1.16. The minimum absolute atomic E-state index is 0.220. The molecule has 0 aliphatic heterocycles. The van der Waals surface area contributed by atoms with E-state index < -0.39 is 0 Å². The normalized spacial score (nSPS) is 9.44. The van der Waals surface area contributed by atoms with Gasteiger partial charge < -0.3 is 9.68 Å². The van der Waals surface area contributed by atoms with Crippen molar-refractivity contribution in [2.75, 3.05) is 5.09 Å². The van der Waals surface area contributed by atoms with Crippen molar-refractivity contribution in [1.82, 2.24) is 9.69 Å². The van der Waals surface area contributed by atoms with Gasteiger partial charge in [0.25, 0.3) is 13.5 Å². The molecule has 0 aliphatic carbocycles. The zero-order valence-corrected chi connectivity index (χ0v) is 5.74. The van der Waals surface area contributed by atoms with Crippen LogP contribution in [-0.2, 0) is 0 Å². The maximum atomic E-state index is 10.5. The number of rotatable bonds is 1. The molecule has 1 aromatic rings. The molecule has 6 heteroatoms. The van der Waals surface area contributed by atoms with Crippen LogP contribution in [0, 0.1) is 0 Å². The van der Waals surface area contributed by atoms with Crippen LogP contribution >= 0.6 is 9.39 Å². The smallest absolute Gasteiger partial charge is 0.265 e. The Bertz CT molecular complexity index is 254. The van der Waals surface area contributed by atoms with Gasteiger partial charge in [0.05, 0.1) is 0 Å². The summed E-state index contributed by atoms with van der Waals surface area (Å²) in [5.74, 6) is 0.532. The van der Waals surface area contributed by atoms with Crippen LogP contribution in [0.5, 0.6) is 0 Å². The van der Waals surface area contributed by atoms with Gasteiger partial charge in [-0.1, -0.05) is 0 Å². The summed E-state index contributed by atoms with van der Waals surface area (Å²) in [6.07, 6.45) is 0. The minimum atomic E-state index is -0.220. The lowest BCUT2D eigenvalue weighted by Gasteiger charge is -1.97. The monoisotopic (exact) mass is 141 g/mol. The molecule has 1 unspecified atom stereocenters. The number of anilines is 1. The molecule has 1 heterocycles. The fourth-order valence-corrected chi connectivity index (χ4v) is 0.739. The van der Waals surface area contributed by atoms with E-state index in [1.54, 1.807) is 0 Å². The molecule has 4 nitrogen and oxygen atoms in total. The van der Waals surface area contributed by atoms with Gasteiger partial charge in [0.1, 0.15) is 5.82 Å². The number of aromatic amines is 1. The summed E-state index contributed by atoms with van der Waals surface area (Å²) in [7, 11) is 7.47. The largest absolute Gasteiger partial charge is 0.356 e. The van der Waals surface area contributed by atoms with Crippen LogP contribution in [0.2, 0.25) is 0 Å².